The molecule has 1 aliphatic carbocycles. The summed E-state index contributed by atoms with van der Waals surface area (Å²) in [6.07, 6.45) is 2.13. The highest BCUT2D eigenvalue weighted by Crippen LogP contribution is 2.42. The lowest BCUT2D eigenvalue weighted by Crippen LogP contribution is -2.34. The third kappa shape index (κ3) is 4.74. The van der Waals surface area contributed by atoms with Gasteiger partial charge in [0.05, 0.1) is 5.57 Å². The molecule has 1 N–H and O–H groups in total. The Morgan fingerprint density at radius 1 is 1.06 bits per heavy atom. The van der Waals surface area contributed by atoms with Gasteiger partial charge < -0.3 is 14.8 Å². The molecule has 2 aromatic carbocycles. The van der Waals surface area contributed by atoms with Crippen LogP contribution < -0.4 is 10.1 Å². The largest absolute Gasteiger partial charge is 0.490 e. The number of nitrogens with one attached hydrogen (secondary N) is 1. The number of dihydropyridines is 1. The van der Waals surface area contributed by atoms with Crippen LogP contribution in [0.25, 0.3) is 0 Å². The number of Topliss-reactive ketones (excluding diaryl/α,β-unsaturated/α-hetero) is 1. The molecule has 0 fully saturated rings. The first kappa shape index (κ1) is 21.4. The van der Waals surface area contributed by atoms with Gasteiger partial charge in [-0.15, -0.1) is 0 Å². The van der Waals surface area contributed by atoms with Crippen LogP contribution in [0.4, 0.5) is 0 Å². The number of esters is 1. The van der Waals surface area contributed by atoms with Crippen molar-refractivity contribution < 1.29 is 19.1 Å². The zero-order valence-electron chi connectivity index (χ0n) is 17.3. The summed E-state index contributed by atoms with van der Waals surface area (Å²) in [5.74, 6) is -0.0466. The average Bonchev–Trinajstić information content (AvgIpc) is 2.77. The van der Waals surface area contributed by atoms with E-state index in [4.69, 9.17) is 9.47 Å². The molecule has 0 saturated carbocycles. The number of ether oxygens (including phenoxy) is 2. The Hall–Kier alpha value is -2.86. The topological polar surface area (TPSA) is 64.6 Å². The minimum atomic E-state index is -0.431. The molecule has 0 saturated heterocycles. The highest BCUT2D eigenvalue weighted by atomic mass is 79.9. The van der Waals surface area contributed by atoms with Crippen molar-refractivity contribution in [2.75, 3.05) is 13.2 Å². The van der Waals surface area contributed by atoms with Crippen LogP contribution in [0, 0.1) is 0 Å². The van der Waals surface area contributed by atoms with E-state index in [9.17, 15) is 9.59 Å². The van der Waals surface area contributed by atoms with Gasteiger partial charge in [-0.1, -0.05) is 46.3 Å². The van der Waals surface area contributed by atoms with Gasteiger partial charge in [0.15, 0.2) is 5.78 Å². The molecule has 0 spiro atoms. The Morgan fingerprint density at radius 2 is 1.81 bits per heavy atom. The number of hydrogen-bond donors (Lipinski definition) is 1. The molecule has 31 heavy (non-hydrogen) atoms. The van der Waals surface area contributed by atoms with Gasteiger partial charge in [-0.3, -0.25) is 4.79 Å². The van der Waals surface area contributed by atoms with Crippen LogP contribution in [0.5, 0.6) is 5.75 Å². The Kier molecular flexibility index (Phi) is 6.56. The van der Waals surface area contributed by atoms with Crippen molar-refractivity contribution in [2.24, 2.45) is 0 Å². The van der Waals surface area contributed by atoms with Gasteiger partial charge in [-0.05, 0) is 49.6 Å². The summed E-state index contributed by atoms with van der Waals surface area (Å²) in [6.45, 7) is 2.24. The molecular weight excluding hydrogens is 458 g/mol. The first-order valence-electron chi connectivity index (χ1n) is 10.4. The molecule has 2 aliphatic rings. The lowest BCUT2D eigenvalue weighted by atomic mass is 9.75. The van der Waals surface area contributed by atoms with Crippen LogP contribution in [0.1, 0.15) is 37.7 Å². The molecule has 0 amide bonds. The number of allylic oxidation sites excluding steroid dienone is 3. The molecule has 5 nitrogen and oxygen atoms in total. The van der Waals surface area contributed by atoms with Crippen molar-refractivity contribution in [3.05, 3.63) is 87.2 Å². The van der Waals surface area contributed by atoms with E-state index in [1.807, 2.05) is 61.5 Å². The van der Waals surface area contributed by atoms with Gasteiger partial charge in [-0.25, -0.2) is 4.79 Å². The van der Waals surface area contributed by atoms with E-state index in [0.717, 1.165) is 40.0 Å². The minimum absolute atomic E-state index is 0.0897. The standard InChI is InChI=1S/C25H24BrNO4/c1-16-22(25(29)31-15-14-30-19-6-3-2-4-7-19)23(17-10-12-18(26)13-11-17)24-20(27-16)8-5-9-21(24)28/h2-4,6-7,10-13,23,27H,5,8-9,14-15H2,1H3/t23-/m0/s1. The van der Waals surface area contributed by atoms with Gasteiger partial charge in [0.1, 0.15) is 19.0 Å². The number of hydrogen-bond acceptors (Lipinski definition) is 5. The van der Waals surface area contributed by atoms with Gasteiger partial charge in [0, 0.05) is 33.8 Å². The Balaban J connectivity index is 1.55. The van der Waals surface area contributed by atoms with E-state index in [2.05, 4.69) is 21.2 Å². The number of carbonyl (C=O) groups excluding carboxylic acids is 2. The predicted octanol–water partition coefficient (Wildman–Crippen LogP) is 5.04. The monoisotopic (exact) mass is 481 g/mol. The second-order valence-electron chi connectivity index (χ2n) is 7.61. The molecule has 160 valence electrons. The molecule has 6 heteroatoms. The summed E-state index contributed by atoms with van der Waals surface area (Å²) >= 11 is 3.46. The SMILES string of the molecule is CC1=C(C(=O)OCCOc2ccccc2)[C@H](c2ccc(Br)cc2)C2=C(CCCC2=O)N1. The van der Waals surface area contributed by atoms with E-state index >= 15 is 0 Å². The zero-order valence-corrected chi connectivity index (χ0v) is 18.9. The third-order valence-corrected chi connectivity index (χ3v) is 6.06. The summed E-state index contributed by atoms with van der Waals surface area (Å²) in [4.78, 5) is 26.0. The van der Waals surface area contributed by atoms with Crippen LogP contribution in [0.15, 0.2) is 81.6 Å². The number of halogens is 1. The van der Waals surface area contributed by atoms with Crippen LogP contribution in [0.2, 0.25) is 0 Å². The van der Waals surface area contributed by atoms with Crippen LogP contribution >= 0.6 is 15.9 Å². The van der Waals surface area contributed by atoms with E-state index < -0.39 is 11.9 Å². The first-order valence-corrected chi connectivity index (χ1v) is 11.2. The fraction of sp³-hybridized carbons (Fsp3) is 0.280. The van der Waals surface area contributed by atoms with Gasteiger partial charge in [0.2, 0.25) is 0 Å². The number of rotatable bonds is 6. The smallest absolute Gasteiger partial charge is 0.336 e. The molecule has 0 radical (unpaired) electrons. The molecular formula is C25H24BrNO4. The fourth-order valence-electron chi connectivity index (χ4n) is 4.13. The Bertz CT molecular complexity index is 1040. The van der Waals surface area contributed by atoms with Crippen molar-refractivity contribution in [3.8, 4) is 5.75 Å². The summed E-state index contributed by atoms with van der Waals surface area (Å²) < 4.78 is 12.1. The average molecular weight is 482 g/mol. The third-order valence-electron chi connectivity index (χ3n) is 5.53. The molecule has 1 heterocycles. The molecule has 0 bridgehead atoms. The Labute approximate surface area is 190 Å². The van der Waals surface area contributed by atoms with E-state index in [-0.39, 0.29) is 19.0 Å². The molecule has 4 rings (SSSR count). The predicted molar refractivity (Wildman–Crippen MR) is 121 cm³/mol. The van der Waals surface area contributed by atoms with E-state index in [1.54, 1.807) is 0 Å². The van der Waals surface area contributed by atoms with Gasteiger partial charge in [0.25, 0.3) is 0 Å². The van der Waals surface area contributed by atoms with Crippen molar-refractivity contribution in [1.29, 1.82) is 0 Å². The molecule has 0 unspecified atom stereocenters. The number of para-hydroxylation sites is 1. The lowest BCUT2D eigenvalue weighted by molar-refractivity contribution is -0.140. The summed E-state index contributed by atoms with van der Waals surface area (Å²) in [6, 6.07) is 17.1. The first-order chi connectivity index (χ1) is 15.0. The summed E-state index contributed by atoms with van der Waals surface area (Å²) in [5, 5.41) is 3.30. The molecule has 1 atom stereocenters. The second-order valence-corrected chi connectivity index (χ2v) is 8.53. The van der Waals surface area contributed by atoms with Crippen LogP contribution in [0.3, 0.4) is 0 Å². The molecule has 0 aromatic heterocycles. The fourth-order valence-corrected chi connectivity index (χ4v) is 4.40. The lowest BCUT2D eigenvalue weighted by Gasteiger charge is -2.34. The van der Waals surface area contributed by atoms with Crippen molar-refractivity contribution >= 4 is 27.7 Å². The quantitative estimate of drug-likeness (QED) is 0.462. The van der Waals surface area contributed by atoms with Crippen molar-refractivity contribution in [2.45, 2.75) is 32.1 Å². The summed E-state index contributed by atoms with van der Waals surface area (Å²) in [5.41, 5.74) is 3.72. The maximum atomic E-state index is 13.1. The maximum Gasteiger partial charge on any atom is 0.336 e. The van der Waals surface area contributed by atoms with Crippen LogP contribution in [-0.4, -0.2) is 25.0 Å². The molecule has 1 aliphatic heterocycles. The number of ketones is 1. The normalized spacial score (nSPS) is 18.4. The Morgan fingerprint density at radius 3 is 2.55 bits per heavy atom. The molecule has 2 aromatic rings. The highest BCUT2D eigenvalue weighted by Gasteiger charge is 2.39. The van der Waals surface area contributed by atoms with Crippen molar-refractivity contribution in [3.63, 3.8) is 0 Å². The highest BCUT2D eigenvalue weighted by molar-refractivity contribution is 9.10. The van der Waals surface area contributed by atoms with Crippen molar-refractivity contribution in [1.82, 2.24) is 5.32 Å². The minimum Gasteiger partial charge on any atom is -0.490 e. The van der Waals surface area contributed by atoms with Crippen LogP contribution in [-0.2, 0) is 14.3 Å². The van der Waals surface area contributed by atoms with E-state index in [0.29, 0.717) is 17.6 Å². The zero-order chi connectivity index (χ0) is 21.8. The maximum absolute atomic E-state index is 13.1. The number of benzene rings is 2. The van der Waals surface area contributed by atoms with Gasteiger partial charge in [-0.2, -0.15) is 0 Å². The second kappa shape index (κ2) is 9.52. The van der Waals surface area contributed by atoms with Gasteiger partial charge >= 0.3 is 5.97 Å². The summed E-state index contributed by atoms with van der Waals surface area (Å²) in [7, 11) is 0. The van der Waals surface area contributed by atoms with E-state index in [1.165, 1.54) is 0 Å². The number of carbonyl (C=O) groups is 2.